The van der Waals surface area contributed by atoms with Gasteiger partial charge in [-0.15, -0.1) is 0 Å². The van der Waals surface area contributed by atoms with Crippen LogP contribution < -0.4 is 9.64 Å². The molecule has 0 saturated carbocycles. The third kappa shape index (κ3) is 3.78. The first kappa shape index (κ1) is 20.4. The number of rotatable bonds is 0. The Morgan fingerprint density at radius 3 is 2.91 bits per heavy atom. The molecule has 8 nitrogen and oxygen atoms in total. The van der Waals surface area contributed by atoms with E-state index in [2.05, 4.69) is 21.1 Å². The van der Waals surface area contributed by atoms with Crippen molar-refractivity contribution in [2.45, 2.75) is 32.3 Å². The molecule has 8 heteroatoms. The second kappa shape index (κ2) is 8.20. The number of carbonyl (C=O) groups is 1. The third-order valence-electron chi connectivity index (χ3n) is 5.91. The molecule has 5 rings (SSSR count). The minimum atomic E-state index is -0.539. The molecule has 0 spiro atoms. The summed E-state index contributed by atoms with van der Waals surface area (Å²) in [7, 11) is 1.79. The monoisotopic (exact) mass is 431 g/mol. The van der Waals surface area contributed by atoms with Crippen LogP contribution in [0.4, 0.5) is 5.69 Å². The fraction of sp³-hybridized carbons (Fsp3) is 0.333. The number of benzene rings is 1. The molecule has 2 bridgehead atoms. The van der Waals surface area contributed by atoms with E-state index < -0.39 is 6.10 Å². The second-order valence-corrected chi connectivity index (χ2v) is 8.24. The molecule has 1 N–H and O–H groups in total. The van der Waals surface area contributed by atoms with E-state index in [1.165, 1.54) is 0 Å². The molecule has 1 aromatic carbocycles. The van der Waals surface area contributed by atoms with Crippen LogP contribution >= 0.6 is 0 Å². The van der Waals surface area contributed by atoms with Gasteiger partial charge in [0.15, 0.2) is 0 Å². The molecule has 0 aliphatic carbocycles. The fourth-order valence-corrected chi connectivity index (χ4v) is 4.28. The standard InChI is InChI=1S/C24H25N5O3/c1-15-11-17-12-20(26-15)19-14-25-28(2)24(19)32-10-8-18(30)7-9-29-21-6-4-3-5-16(21)13-22(29)27-23(17)31/h3-6,11-12,14,18,30H,7-10,13H2,1-2H3/t18-/m1/s1. The summed E-state index contributed by atoms with van der Waals surface area (Å²) in [5.74, 6) is 0.948. The van der Waals surface area contributed by atoms with E-state index in [4.69, 9.17) is 4.74 Å². The van der Waals surface area contributed by atoms with Crippen LogP contribution in [0.25, 0.3) is 11.3 Å². The molecule has 0 radical (unpaired) electrons. The lowest BCUT2D eigenvalue weighted by atomic mass is 10.1. The lowest BCUT2D eigenvalue weighted by molar-refractivity contribution is 0.100. The highest BCUT2D eigenvalue weighted by Crippen LogP contribution is 2.32. The highest BCUT2D eigenvalue weighted by molar-refractivity contribution is 6.12. The number of hydrogen-bond acceptors (Lipinski definition) is 6. The number of amides is 1. The predicted molar refractivity (Wildman–Crippen MR) is 121 cm³/mol. The largest absolute Gasteiger partial charge is 0.477 e. The van der Waals surface area contributed by atoms with Crippen LogP contribution in [-0.2, 0) is 13.5 Å². The minimum Gasteiger partial charge on any atom is -0.477 e. The Kier molecular flexibility index (Phi) is 5.22. The molecule has 2 aliphatic rings. The first-order valence-electron chi connectivity index (χ1n) is 10.8. The fourth-order valence-electron chi connectivity index (χ4n) is 4.28. The van der Waals surface area contributed by atoms with Crippen LogP contribution in [0, 0.1) is 6.92 Å². The second-order valence-electron chi connectivity index (χ2n) is 8.24. The van der Waals surface area contributed by atoms with Crippen LogP contribution in [0.2, 0.25) is 0 Å². The Bertz CT molecular complexity index is 1220. The number of hydrogen-bond donors (Lipinski definition) is 1. The van der Waals surface area contributed by atoms with E-state index in [9.17, 15) is 9.90 Å². The molecule has 1 atom stereocenters. The van der Waals surface area contributed by atoms with Crippen molar-refractivity contribution >= 4 is 17.4 Å². The van der Waals surface area contributed by atoms with E-state index >= 15 is 0 Å². The maximum absolute atomic E-state index is 13.2. The van der Waals surface area contributed by atoms with E-state index in [1.54, 1.807) is 30.1 Å². The summed E-state index contributed by atoms with van der Waals surface area (Å²) >= 11 is 0. The average molecular weight is 431 g/mol. The molecule has 2 aliphatic heterocycles. The van der Waals surface area contributed by atoms with Crippen LogP contribution in [0.3, 0.4) is 0 Å². The quantitative estimate of drug-likeness (QED) is 0.588. The number of carbonyl (C=O) groups excluding carboxylic acids is 1. The number of ether oxygens (including phenoxy) is 1. The molecule has 32 heavy (non-hydrogen) atoms. The highest BCUT2D eigenvalue weighted by atomic mass is 16.5. The molecule has 2 aromatic heterocycles. The Labute approximate surface area is 186 Å². The van der Waals surface area contributed by atoms with Gasteiger partial charge in [-0.05, 0) is 37.1 Å². The Hall–Kier alpha value is -3.52. The number of anilines is 1. The van der Waals surface area contributed by atoms with Gasteiger partial charge in [0.1, 0.15) is 5.84 Å². The number of amidine groups is 1. The molecule has 1 amide bonds. The summed E-state index contributed by atoms with van der Waals surface area (Å²) in [5, 5.41) is 14.9. The van der Waals surface area contributed by atoms with Gasteiger partial charge in [0.25, 0.3) is 5.91 Å². The van der Waals surface area contributed by atoms with Gasteiger partial charge < -0.3 is 14.7 Å². The zero-order valence-electron chi connectivity index (χ0n) is 18.2. The number of aliphatic hydroxyl groups is 1. The zero-order valence-corrected chi connectivity index (χ0v) is 18.2. The van der Waals surface area contributed by atoms with Crippen molar-refractivity contribution in [3.8, 4) is 17.1 Å². The molecule has 0 fully saturated rings. The number of aliphatic imine (C=N–C) groups is 1. The van der Waals surface area contributed by atoms with Gasteiger partial charge in [0.2, 0.25) is 5.88 Å². The Morgan fingerprint density at radius 1 is 1.19 bits per heavy atom. The number of fused-ring (bicyclic) bond motifs is 7. The number of nitrogens with zero attached hydrogens (tertiary/aromatic N) is 5. The van der Waals surface area contributed by atoms with Crippen molar-refractivity contribution < 1.29 is 14.6 Å². The molecule has 0 unspecified atom stereocenters. The molecule has 4 heterocycles. The molecule has 164 valence electrons. The van der Waals surface area contributed by atoms with Crippen molar-refractivity contribution in [2.75, 3.05) is 18.1 Å². The lowest BCUT2D eigenvalue weighted by Crippen LogP contribution is -2.31. The van der Waals surface area contributed by atoms with Crippen molar-refractivity contribution in [2.24, 2.45) is 12.0 Å². The predicted octanol–water partition coefficient (Wildman–Crippen LogP) is 2.93. The van der Waals surface area contributed by atoms with E-state index in [-0.39, 0.29) is 5.91 Å². The van der Waals surface area contributed by atoms with Crippen LogP contribution in [0.1, 0.15) is 34.5 Å². The van der Waals surface area contributed by atoms with Gasteiger partial charge in [-0.25, -0.2) is 4.68 Å². The van der Waals surface area contributed by atoms with Crippen molar-refractivity contribution in [1.29, 1.82) is 0 Å². The van der Waals surface area contributed by atoms with E-state index in [0.717, 1.165) is 11.3 Å². The normalized spacial score (nSPS) is 18.6. The number of aromatic nitrogens is 3. The average Bonchev–Trinajstić information content (AvgIpc) is 3.31. The minimum absolute atomic E-state index is 0.314. The Morgan fingerprint density at radius 2 is 2.03 bits per heavy atom. The highest BCUT2D eigenvalue weighted by Gasteiger charge is 2.27. The first-order chi connectivity index (χ1) is 15.5. The summed E-state index contributed by atoms with van der Waals surface area (Å²) in [6.45, 7) is 2.78. The van der Waals surface area contributed by atoms with Gasteiger partial charge in [-0.3, -0.25) is 9.78 Å². The molecule has 0 saturated heterocycles. The summed E-state index contributed by atoms with van der Waals surface area (Å²) in [4.78, 5) is 24.4. The van der Waals surface area contributed by atoms with Crippen molar-refractivity contribution in [3.05, 3.63) is 59.4 Å². The van der Waals surface area contributed by atoms with E-state index in [0.29, 0.717) is 66.6 Å². The topological polar surface area (TPSA) is 92.8 Å². The molecular formula is C24H25N5O3. The first-order valence-corrected chi connectivity index (χ1v) is 10.8. The zero-order chi connectivity index (χ0) is 22.2. The smallest absolute Gasteiger partial charge is 0.278 e. The number of para-hydroxylation sites is 1. The maximum Gasteiger partial charge on any atom is 0.278 e. The number of aryl methyl sites for hydroxylation is 2. The number of aliphatic hydroxyl groups excluding tert-OH is 1. The molecular weight excluding hydrogens is 406 g/mol. The van der Waals surface area contributed by atoms with Crippen LogP contribution in [-0.4, -0.2) is 50.9 Å². The van der Waals surface area contributed by atoms with Gasteiger partial charge in [-0.1, -0.05) is 18.2 Å². The van der Waals surface area contributed by atoms with Crippen LogP contribution in [0.5, 0.6) is 5.88 Å². The summed E-state index contributed by atoms with van der Waals surface area (Å²) in [6.07, 6.45) is 2.75. The van der Waals surface area contributed by atoms with E-state index in [1.807, 2.05) is 30.0 Å². The van der Waals surface area contributed by atoms with Crippen molar-refractivity contribution in [1.82, 2.24) is 14.8 Å². The third-order valence-corrected chi connectivity index (χ3v) is 5.91. The van der Waals surface area contributed by atoms with Gasteiger partial charge in [0.05, 0.1) is 30.2 Å². The lowest BCUT2D eigenvalue weighted by Gasteiger charge is -2.22. The number of pyridine rings is 1. The van der Waals surface area contributed by atoms with Gasteiger partial charge in [0, 0.05) is 43.4 Å². The summed E-state index contributed by atoms with van der Waals surface area (Å²) < 4.78 is 7.62. The Balaban J connectivity index is 1.60. The molecule has 3 aromatic rings. The summed E-state index contributed by atoms with van der Waals surface area (Å²) in [6, 6.07) is 11.5. The van der Waals surface area contributed by atoms with Gasteiger partial charge >= 0.3 is 0 Å². The van der Waals surface area contributed by atoms with Crippen LogP contribution in [0.15, 0.2) is 47.6 Å². The van der Waals surface area contributed by atoms with Crippen molar-refractivity contribution in [3.63, 3.8) is 0 Å². The van der Waals surface area contributed by atoms with Gasteiger partial charge in [-0.2, -0.15) is 10.1 Å². The maximum atomic E-state index is 13.2. The SMILES string of the molecule is Cc1cc2cc(n1)-c1cnn(C)c1OCC[C@H](O)CCN1C(=NC2=O)Cc2ccccc21. The summed E-state index contributed by atoms with van der Waals surface area (Å²) in [5.41, 5.74) is 4.67.